The third-order valence-electron chi connectivity index (χ3n) is 2.86. The van der Waals surface area contributed by atoms with Crippen LogP contribution in [0.25, 0.3) is 0 Å². The van der Waals surface area contributed by atoms with Gasteiger partial charge in [0.25, 0.3) is 0 Å². The predicted molar refractivity (Wildman–Crippen MR) is 67.2 cm³/mol. The zero-order valence-electron chi connectivity index (χ0n) is 10.6. The van der Waals surface area contributed by atoms with E-state index in [1.54, 1.807) is 0 Å². The van der Waals surface area contributed by atoms with Crippen LogP contribution in [0.4, 0.5) is 0 Å². The van der Waals surface area contributed by atoms with Crippen LogP contribution in [0.5, 0.6) is 0 Å². The summed E-state index contributed by atoms with van der Waals surface area (Å²) >= 11 is 0. The van der Waals surface area contributed by atoms with Gasteiger partial charge in [0.05, 0.1) is 6.07 Å². The second-order valence-electron chi connectivity index (χ2n) is 4.17. The summed E-state index contributed by atoms with van der Waals surface area (Å²) in [5.41, 5.74) is 3.56. The van der Waals surface area contributed by atoms with Gasteiger partial charge in [-0.05, 0) is 32.5 Å². The number of benzene rings is 1. The maximum Gasteiger partial charge on any atom is 0.123 e. The molecule has 0 saturated carbocycles. The standard InChI is InChI=1S/C14H20N2/c1-5-16(6-2)14(10-15)13-8-11(3)7-12(4)9-13/h7-9,14H,5-6H2,1-4H3. The van der Waals surface area contributed by atoms with Gasteiger partial charge in [-0.2, -0.15) is 5.26 Å². The highest BCUT2D eigenvalue weighted by Crippen LogP contribution is 2.22. The van der Waals surface area contributed by atoms with E-state index < -0.39 is 0 Å². The molecule has 0 spiro atoms. The third kappa shape index (κ3) is 2.84. The molecule has 0 heterocycles. The number of nitrogens with zero attached hydrogens (tertiary/aromatic N) is 2. The minimum atomic E-state index is -0.117. The van der Waals surface area contributed by atoms with E-state index in [1.807, 2.05) is 0 Å². The fourth-order valence-corrected chi connectivity index (χ4v) is 2.12. The van der Waals surface area contributed by atoms with Crippen LogP contribution in [0.15, 0.2) is 18.2 Å². The van der Waals surface area contributed by atoms with Gasteiger partial charge in [0, 0.05) is 0 Å². The highest BCUT2D eigenvalue weighted by molar-refractivity contribution is 5.33. The number of hydrogen-bond donors (Lipinski definition) is 0. The lowest BCUT2D eigenvalue weighted by Gasteiger charge is -2.24. The first-order valence-electron chi connectivity index (χ1n) is 5.84. The quantitative estimate of drug-likeness (QED) is 0.772. The van der Waals surface area contributed by atoms with Crippen molar-refractivity contribution in [1.82, 2.24) is 4.90 Å². The molecule has 86 valence electrons. The van der Waals surface area contributed by atoms with Crippen molar-refractivity contribution in [2.75, 3.05) is 13.1 Å². The van der Waals surface area contributed by atoms with Gasteiger partial charge < -0.3 is 0 Å². The molecule has 0 bridgehead atoms. The summed E-state index contributed by atoms with van der Waals surface area (Å²) in [6.07, 6.45) is 0. The van der Waals surface area contributed by atoms with Crippen molar-refractivity contribution in [2.24, 2.45) is 0 Å². The molecule has 0 aromatic heterocycles. The average Bonchev–Trinajstić information content (AvgIpc) is 2.24. The minimum absolute atomic E-state index is 0.117. The van der Waals surface area contributed by atoms with Crippen molar-refractivity contribution < 1.29 is 0 Å². The van der Waals surface area contributed by atoms with Crippen LogP contribution in [0, 0.1) is 25.2 Å². The Morgan fingerprint density at radius 2 is 1.62 bits per heavy atom. The molecule has 0 amide bonds. The molecular formula is C14H20N2. The van der Waals surface area contributed by atoms with Crippen LogP contribution >= 0.6 is 0 Å². The highest BCUT2D eigenvalue weighted by Gasteiger charge is 2.17. The molecule has 1 unspecified atom stereocenters. The maximum absolute atomic E-state index is 9.30. The molecule has 1 atom stereocenters. The largest absolute Gasteiger partial charge is 0.285 e. The summed E-state index contributed by atoms with van der Waals surface area (Å²) in [5, 5.41) is 9.30. The lowest BCUT2D eigenvalue weighted by atomic mass is 10.0. The first kappa shape index (κ1) is 12.7. The van der Waals surface area contributed by atoms with Gasteiger partial charge in [0.1, 0.15) is 6.04 Å². The SMILES string of the molecule is CCN(CC)C(C#N)c1cc(C)cc(C)c1. The van der Waals surface area contributed by atoms with Crippen molar-refractivity contribution in [1.29, 1.82) is 5.26 Å². The zero-order valence-corrected chi connectivity index (χ0v) is 10.6. The average molecular weight is 216 g/mol. The summed E-state index contributed by atoms with van der Waals surface area (Å²) in [7, 11) is 0. The monoisotopic (exact) mass is 216 g/mol. The molecule has 1 aromatic carbocycles. The summed E-state index contributed by atoms with van der Waals surface area (Å²) in [4.78, 5) is 2.17. The van der Waals surface area contributed by atoms with E-state index in [0.29, 0.717) is 0 Å². The van der Waals surface area contributed by atoms with E-state index in [1.165, 1.54) is 11.1 Å². The van der Waals surface area contributed by atoms with Crippen molar-refractivity contribution >= 4 is 0 Å². The lowest BCUT2D eigenvalue weighted by Crippen LogP contribution is -2.27. The second kappa shape index (κ2) is 5.67. The van der Waals surface area contributed by atoms with Crippen molar-refractivity contribution in [3.63, 3.8) is 0 Å². The van der Waals surface area contributed by atoms with Crippen LogP contribution < -0.4 is 0 Å². The van der Waals surface area contributed by atoms with Crippen LogP contribution in [-0.2, 0) is 0 Å². The number of nitriles is 1. The van der Waals surface area contributed by atoms with E-state index in [2.05, 4.69) is 56.9 Å². The van der Waals surface area contributed by atoms with Crippen LogP contribution in [0.2, 0.25) is 0 Å². The molecule has 0 N–H and O–H groups in total. The Bertz CT molecular complexity index is 366. The van der Waals surface area contributed by atoms with Crippen LogP contribution in [0.1, 0.15) is 36.6 Å². The summed E-state index contributed by atoms with van der Waals surface area (Å²) < 4.78 is 0. The molecule has 0 aliphatic rings. The Kier molecular flexibility index (Phi) is 4.52. The molecule has 0 radical (unpaired) electrons. The Morgan fingerprint density at radius 1 is 1.12 bits per heavy atom. The molecule has 1 rings (SSSR count). The van der Waals surface area contributed by atoms with Gasteiger partial charge >= 0.3 is 0 Å². The van der Waals surface area contributed by atoms with E-state index in [4.69, 9.17) is 0 Å². The highest BCUT2D eigenvalue weighted by atomic mass is 15.1. The second-order valence-corrected chi connectivity index (χ2v) is 4.17. The first-order valence-corrected chi connectivity index (χ1v) is 5.84. The number of aryl methyl sites for hydroxylation is 2. The number of hydrogen-bond acceptors (Lipinski definition) is 2. The summed E-state index contributed by atoms with van der Waals surface area (Å²) in [6.45, 7) is 10.1. The van der Waals surface area contributed by atoms with Crippen LogP contribution in [-0.4, -0.2) is 18.0 Å². The molecule has 0 fully saturated rings. The van der Waals surface area contributed by atoms with Gasteiger partial charge in [-0.25, -0.2) is 0 Å². The van der Waals surface area contributed by atoms with E-state index in [0.717, 1.165) is 18.7 Å². The van der Waals surface area contributed by atoms with E-state index in [9.17, 15) is 5.26 Å². The van der Waals surface area contributed by atoms with E-state index in [-0.39, 0.29) is 6.04 Å². The fraction of sp³-hybridized carbons (Fsp3) is 0.500. The molecule has 2 nitrogen and oxygen atoms in total. The molecule has 1 aromatic rings. The van der Waals surface area contributed by atoms with Gasteiger partial charge in [-0.15, -0.1) is 0 Å². The normalized spacial score (nSPS) is 12.5. The Morgan fingerprint density at radius 3 is 2.00 bits per heavy atom. The summed E-state index contributed by atoms with van der Waals surface area (Å²) in [6, 6.07) is 8.64. The van der Waals surface area contributed by atoms with Gasteiger partial charge in [-0.1, -0.05) is 43.2 Å². The molecule has 0 aliphatic carbocycles. The molecule has 2 heteroatoms. The Hall–Kier alpha value is -1.33. The van der Waals surface area contributed by atoms with Crippen molar-refractivity contribution in [3.05, 3.63) is 34.9 Å². The van der Waals surface area contributed by atoms with Crippen LogP contribution in [0.3, 0.4) is 0 Å². The third-order valence-corrected chi connectivity index (χ3v) is 2.86. The van der Waals surface area contributed by atoms with Crippen molar-refractivity contribution in [3.8, 4) is 6.07 Å². The fourth-order valence-electron chi connectivity index (χ4n) is 2.12. The van der Waals surface area contributed by atoms with E-state index >= 15 is 0 Å². The van der Waals surface area contributed by atoms with Gasteiger partial charge in [-0.3, -0.25) is 4.90 Å². The van der Waals surface area contributed by atoms with Gasteiger partial charge in [0.2, 0.25) is 0 Å². The maximum atomic E-state index is 9.30. The van der Waals surface area contributed by atoms with Crippen molar-refractivity contribution in [2.45, 2.75) is 33.7 Å². The number of rotatable bonds is 4. The molecule has 0 aliphatic heterocycles. The predicted octanol–water partition coefficient (Wildman–Crippen LogP) is 3.21. The van der Waals surface area contributed by atoms with Gasteiger partial charge in [0.15, 0.2) is 0 Å². The lowest BCUT2D eigenvalue weighted by molar-refractivity contribution is 0.262. The first-order chi connectivity index (χ1) is 7.62. The molecule has 16 heavy (non-hydrogen) atoms. The Labute approximate surface area is 98.5 Å². The minimum Gasteiger partial charge on any atom is -0.285 e. The zero-order chi connectivity index (χ0) is 12.1. The molecular weight excluding hydrogens is 196 g/mol. The Balaban J connectivity index is 3.08. The summed E-state index contributed by atoms with van der Waals surface area (Å²) in [5.74, 6) is 0. The smallest absolute Gasteiger partial charge is 0.123 e. The topological polar surface area (TPSA) is 27.0 Å². The molecule has 0 saturated heterocycles.